The summed E-state index contributed by atoms with van der Waals surface area (Å²) < 4.78 is 13.0. The summed E-state index contributed by atoms with van der Waals surface area (Å²) in [4.78, 5) is 25.8. The zero-order valence-corrected chi connectivity index (χ0v) is 21.3. The molecule has 0 atom stereocenters. The lowest BCUT2D eigenvalue weighted by Crippen LogP contribution is -2.50. The van der Waals surface area contributed by atoms with E-state index in [0.717, 1.165) is 44.5 Å². The molecule has 0 unspecified atom stereocenters. The van der Waals surface area contributed by atoms with Gasteiger partial charge in [0.15, 0.2) is 0 Å². The summed E-state index contributed by atoms with van der Waals surface area (Å²) in [6.07, 6.45) is 6.83. The van der Waals surface area contributed by atoms with Crippen LogP contribution < -0.4 is 5.32 Å². The largest absolute Gasteiger partial charge is 0.466 e. The molecule has 1 spiro atoms. The van der Waals surface area contributed by atoms with E-state index in [4.69, 9.17) is 9.47 Å². The number of amides is 1. The second-order valence-electron chi connectivity index (χ2n) is 10.9. The number of hydrogen-bond donors (Lipinski definition) is 1. The number of esters is 1. The van der Waals surface area contributed by atoms with E-state index < -0.39 is 5.60 Å². The van der Waals surface area contributed by atoms with Crippen LogP contribution in [0.25, 0.3) is 10.9 Å². The fraction of sp³-hybridized carbons (Fsp3) is 0.630. The van der Waals surface area contributed by atoms with Gasteiger partial charge in [-0.3, -0.25) is 4.79 Å². The van der Waals surface area contributed by atoms with Gasteiger partial charge in [0.1, 0.15) is 5.60 Å². The third kappa shape index (κ3) is 5.18. The Morgan fingerprint density at radius 2 is 1.85 bits per heavy atom. The molecule has 2 aromatic rings. The van der Waals surface area contributed by atoms with E-state index in [1.807, 2.05) is 32.6 Å². The number of hydrogen-bond acceptors (Lipinski definition) is 5. The van der Waals surface area contributed by atoms with Crippen LogP contribution in [-0.2, 0) is 14.3 Å². The molecule has 2 heterocycles. The number of aromatic nitrogens is 1. The number of nitrogens with zero attached hydrogens (tertiary/aromatic N) is 2. The zero-order valence-electron chi connectivity index (χ0n) is 21.3. The lowest BCUT2D eigenvalue weighted by Gasteiger charge is -2.52. The maximum atomic E-state index is 12.4. The van der Waals surface area contributed by atoms with Gasteiger partial charge in [-0.05, 0) is 89.5 Å². The van der Waals surface area contributed by atoms with Crippen molar-refractivity contribution < 1.29 is 19.1 Å². The smallest absolute Gasteiger partial charge is 0.410 e. The first kappa shape index (κ1) is 24.4. The maximum absolute atomic E-state index is 12.4. The molecule has 1 aliphatic carbocycles. The topological polar surface area (TPSA) is 72.8 Å². The van der Waals surface area contributed by atoms with Gasteiger partial charge in [0.05, 0.1) is 13.0 Å². The second-order valence-corrected chi connectivity index (χ2v) is 10.9. The fourth-order valence-corrected chi connectivity index (χ4v) is 5.46. The van der Waals surface area contributed by atoms with Crippen LogP contribution in [0.5, 0.6) is 0 Å². The van der Waals surface area contributed by atoms with Gasteiger partial charge >= 0.3 is 12.1 Å². The van der Waals surface area contributed by atoms with Crippen molar-refractivity contribution in [1.82, 2.24) is 9.47 Å². The molecule has 186 valence electrons. The van der Waals surface area contributed by atoms with Gasteiger partial charge < -0.3 is 24.3 Å². The van der Waals surface area contributed by atoms with E-state index in [9.17, 15) is 9.59 Å². The molecule has 4 rings (SSSR count). The van der Waals surface area contributed by atoms with Crippen molar-refractivity contribution in [3.63, 3.8) is 0 Å². The number of ether oxygens (including phenoxy) is 2. The number of piperidine rings is 1. The number of carbonyl (C=O) groups excluding carboxylic acids is 2. The monoisotopic (exact) mass is 469 g/mol. The first-order valence-electron chi connectivity index (χ1n) is 12.6. The Morgan fingerprint density at radius 1 is 1.15 bits per heavy atom. The van der Waals surface area contributed by atoms with E-state index in [-0.39, 0.29) is 12.1 Å². The second kappa shape index (κ2) is 9.51. The van der Waals surface area contributed by atoms with Gasteiger partial charge in [-0.1, -0.05) is 0 Å². The van der Waals surface area contributed by atoms with Crippen molar-refractivity contribution >= 4 is 28.7 Å². The highest BCUT2D eigenvalue weighted by Crippen LogP contribution is 2.55. The van der Waals surface area contributed by atoms with Crippen molar-refractivity contribution in [2.75, 3.05) is 31.6 Å². The molecule has 34 heavy (non-hydrogen) atoms. The quantitative estimate of drug-likeness (QED) is 0.552. The summed E-state index contributed by atoms with van der Waals surface area (Å²) in [6, 6.07) is 7.02. The van der Waals surface area contributed by atoms with Crippen LogP contribution in [0.2, 0.25) is 0 Å². The summed E-state index contributed by atoms with van der Waals surface area (Å²) >= 11 is 0. The van der Waals surface area contributed by atoms with Crippen molar-refractivity contribution in [1.29, 1.82) is 0 Å². The summed E-state index contributed by atoms with van der Waals surface area (Å²) in [5.74, 6) is -0.171. The summed E-state index contributed by atoms with van der Waals surface area (Å²) in [5, 5.41) is 4.63. The van der Waals surface area contributed by atoms with Crippen molar-refractivity contribution in [3.8, 4) is 0 Å². The number of rotatable bonds is 6. The van der Waals surface area contributed by atoms with Crippen LogP contribution in [0.4, 0.5) is 10.5 Å². The molecule has 2 fully saturated rings. The number of benzene rings is 1. The highest BCUT2D eigenvalue weighted by atomic mass is 16.6. The van der Waals surface area contributed by atoms with Crippen LogP contribution in [0.1, 0.15) is 71.4 Å². The van der Waals surface area contributed by atoms with Gasteiger partial charge in [-0.2, -0.15) is 0 Å². The van der Waals surface area contributed by atoms with Gasteiger partial charge in [-0.15, -0.1) is 0 Å². The average Bonchev–Trinajstić information content (AvgIpc) is 3.17. The van der Waals surface area contributed by atoms with E-state index in [1.165, 1.54) is 16.5 Å². The predicted molar refractivity (Wildman–Crippen MR) is 134 cm³/mol. The molecular formula is C27H39N3O4. The summed E-state index contributed by atoms with van der Waals surface area (Å²) in [5.41, 5.74) is 3.44. The normalized spacial score (nSPS) is 18.1. The highest BCUT2D eigenvalue weighted by molar-refractivity contribution is 5.88. The van der Waals surface area contributed by atoms with Crippen LogP contribution in [0.3, 0.4) is 0 Å². The van der Waals surface area contributed by atoms with Gasteiger partial charge in [0.25, 0.3) is 0 Å². The maximum Gasteiger partial charge on any atom is 0.410 e. The Bertz CT molecular complexity index is 1040. The van der Waals surface area contributed by atoms with E-state index >= 15 is 0 Å². The first-order valence-corrected chi connectivity index (χ1v) is 12.6. The lowest BCUT2D eigenvalue weighted by atomic mass is 9.60. The Morgan fingerprint density at radius 3 is 2.50 bits per heavy atom. The highest BCUT2D eigenvalue weighted by Gasteiger charge is 2.47. The molecule has 1 aromatic carbocycles. The molecule has 0 radical (unpaired) electrons. The van der Waals surface area contributed by atoms with E-state index in [0.29, 0.717) is 31.0 Å². The molecule has 1 amide bonds. The van der Waals surface area contributed by atoms with Crippen LogP contribution in [0, 0.1) is 12.3 Å². The molecule has 1 saturated carbocycles. The minimum absolute atomic E-state index is 0.171. The number of likely N-dealkylation sites (tertiary alicyclic amines) is 1. The molecule has 1 N–H and O–H groups in total. The molecule has 1 aromatic heterocycles. The minimum Gasteiger partial charge on any atom is -0.466 e. The van der Waals surface area contributed by atoms with Crippen LogP contribution >= 0.6 is 0 Å². The third-order valence-electron chi connectivity index (χ3n) is 7.33. The molecular weight excluding hydrogens is 430 g/mol. The SMILES string of the molecule is CCOC(=O)CCNc1ccc2c(ccn2C2CC3(CCN(C(=O)OC(C)(C)C)CC3)C2)c1C. The molecule has 1 saturated heterocycles. The Labute approximate surface area is 202 Å². The van der Waals surface area contributed by atoms with Crippen molar-refractivity contribution in [2.24, 2.45) is 5.41 Å². The lowest BCUT2D eigenvalue weighted by molar-refractivity contribution is -0.142. The minimum atomic E-state index is -0.447. The van der Waals surface area contributed by atoms with Gasteiger partial charge in [-0.25, -0.2) is 4.79 Å². The number of fused-ring (bicyclic) bond motifs is 1. The predicted octanol–water partition coefficient (Wildman–Crippen LogP) is 5.67. The van der Waals surface area contributed by atoms with Crippen LogP contribution in [-0.4, -0.2) is 53.4 Å². The zero-order chi connectivity index (χ0) is 24.5. The fourth-order valence-electron chi connectivity index (χ4n) is 5.46. The molecule has 2 aliphatic rings. The first-order chi connectivity index (χ1) is 16.1. The summed E-state index contributed by atoms with van der Waals surface area (Å²) in [7, 11) is 0. The standard InChI is InChI=1S/C27H39N3O4/c1-6-33-24(31)9-13-28-22-7-8-23-21(19(22)2)10-14-30(23)20-17-27(18-20)11-15-29(16-12-27)25(32)34-26(3,4)5/h7-8,10,14,20,28H,6,9,11-13,15-18H2,1-5H3. The molecule has 7 heteroatoms. The molecule has 7 nitrogen and oxygen atoms in total. The van der Waals surface area contributed by atoms with Crippen LogP contribution in [0.15, 0.2) is 24.4 Å². The van der Waals surface area contributed by atoms with E-state index in [1.54, 1.807) is 0 Å². The van der Waals surface area contributed by atoms with Crippen molar-refractivity contribution in [3.05, 3.63) is 30.0 Å². The third-order valence-corrected chi connectivity index (χ3v) is 7.33. The Hall–Kier alpha value is -2.70. The van der Waals surface area contributed by atoms with E-state index in [2.05, 4.69) is 41.2 Å². The number of aryl methyl sites for hydroxylation is 1. The van der Waals surface area contributed by atoms with Gasteiger partial charge in [0, 0.05) is 48.5 Å². The average molecular weight is 470 g/mol. The summed E-state index contributed by atoms with van der Waals surface area (Å²) in [6.45, 7) is 12.3. The number of anilines is 1. The Balaban J connectivity index is 1.34. The van der Waals surface area contributed by atoms with Crippen molar-refractivity contribution in [2.45, 2.75) is 78.4 Å². The molecule has 1 aliphatic heterocycles. The Kier molecular flexibility index (Phi) is 6.83. The number of nitrogens with one attached hydrogen (secondary N) is 1. The number of carbonyl (C=O) groups is 2. The van der Waals surface area contributed by atoms with Gasteiger partial charge in [0.2, 0.25) is 0 Å². The molecule has 0 bridgehead atoms.